The normalized spacial score (nSPS) is 30.3. The van der Waals surface area contributed by atoms with Crippen LogP contribution in [0.1, 0.15) is 80.1 Å². The Hall–Kier alpha value is -0.0800. The molecule has 2 heteroatoms. The lowest BCUT2D eigenvalue weighted by Gasteiger charge is -2.46. The Bertz CT molecular complexity index is 282. The summed E-state index contributed by atoms with van der Waals surface area (Å²) in [6.07, 6.45) is 7.85. The van der Waals surface area contributed by atoms with Crippen molar-refractivity contribution in [2.45, 2.75) is 91.6 Å². The summed E-state index contributed by atoms with van der Waals surface area (Å²) in [5.41, 5.74) is 6.99. The molecule has 1 fully saturated rings. The van der Waals surface area contributed by atoms with Crippen LogP contribution in [0.2, 0.25) is 0 Å². The number of hydrogen-bond acceptors (Lipinski definition) is 2. The van der Waals surface area contributed by atoms with E-state index in [-0.39, 0.29) is 5.54 Å². The third-order valence-electron chi connectivity index (χ3n) is 5.83. The van der Waals surface area contributed by atoms with Crippen molar-refractivity contribution < 1.29 is 0 Å². The zero-order valence-electron chi connectivity index (χ0n) is 14.8. The van der Waals surface area contributed by atoms with Crippen molar-refractivity contribution in [3.05, 3.63) is 0 Å². The van der Waals surface area contributed by atoms with Gasteiger partial charge in [0.1, 0.15) is 0 Å². The summed E-state index contributed by atoms with van der Waals surface area (Å²) in [4.78, 5) is 2.71. The molecule has 3 atom stereocenters. The van der Waals surface area contributed by atoms with E-state index < -0.39 is 0 Å². The molecule has 0 bridgehead atoms. The van der Waals surface area contributed by atoms with E-state index in [9.17, 15) is 0 Å². The summed E-state index contributed by atoms with van der Waals surface area (Å²) in [5.74, 6) is 0.853. The van der Waals surface area contributed by atoms with Gasteiger partial charge in [-0.05, 0) is 56.9 Å². The highest BCUT2D eigenvalue weighted by Crippen LogP contribution is 2.42. The van der Waals surface area contributed by atoms with E-state index in [0.29, 0.717) is 11.5 Å². The van der Waals surface area contributed by atoms with Crippen molar-refractivity contribution in [3.63, 3.8) is 0 Å². The van der Waals surface area contributed by atoms with E-state index in [1.165, 1.54) is 38.5 Å². The van der Waals surface area contributed by atoms with Crippen molar-refractivity contribution >= 4 is 0 Å². The fourth-order valence-electron chi connectivity index (χ4n) is 4.20. The second kappa shape index (κ2) is 7.26. The molecule has 0 radical (unpaired) electrons. The average Bonchev–Trinajstić information content (AvgIpc) is 2.62. The van der Waals surface area contributed by atoms with E-state index in [4.69, 9.17) is 5.73 Å². The van der Waals surface area contributed by atoms with Crippen molar-refractivity contribution in [2.24, 2.45) is 17.1 Å². The molecule has 120 valence electrons. The summed E-state index contributed by atoms with van der Waals surface area (Å²) < 4.78 is 0. The topological polar surface area (TPSA) is 29.3 Å². The van der Waals surface area contributed by atoms with Gasteiger partial charge in [-0.25, -0.2) is 0 Å². The lowest BCUT2D eigenvalue weighted by atomic mass is 9.76. The van der Waals surface area contributed by atoms with Crippen molar-refractivity contribution in [1.29, 1.82) is 0 Å². The van der Waals surface area contributed by atoms with Crippen LogP contribution in [0.15, 0.2) is 0 Å². The number of nitrogens with zero attached hydrogens (tertiary/aromatic N) is 1. The van der Waals surface area contributed by atoms with Crippen LogP contribution in [-0.4, -0.2) is 29.6 Å². The van der Waals surface area contributed by atoms with Crippen LogP contribution in [0.3, 0.4) is 0 Å². The molecule has 1 rings (SSSR count). The molecule has 2 N–H and O–H groups in total. The van der Waals surface area contributed by atoms with Crippen LogP contribution in [0, 0.1) is 11.3 Å². The molecule has 1 aliphatic carbocycles. The summed E-state index contributed by atoms with van der Waals surface area (Å²) in [6.45, 7) is 16.1. The third kappa shape index (κ3) is 3.98. The monoisotopic (exact) mass is 282 g/mol. The van der Waals surface area contributed by atoms with Gasteiger partial charge in [0.05, 0.1) is 0 Å². The van der Waals surface area contributed by atoms with Gasteiger partial charge in [0.25, 0.3) is 0 Å². The molecule has 0 heterocycles. The lowest BCUT2D eigenvalue weighted by molar-refractivity contribution is 0.0425. The minimum Gasteiger partial charge on any atom is -0.329 e. The Balaban J connectivity index is 2.89. The van der Waals surface area contributed by atoms with Gasteiger partial charge in [-0.2, -0.15) is 0 Å². The predicted octanol–water partition coefficient (Wildman–Crippen LogP) is 4.43. The summed E-state index contributed by atoms with van der Waals surface area (Å²) in [5, 5.41) is 0. The first-order chi connectivity index (χ1) is 9.30. The van der Waals surface area contributed by atoms with Gasteiger partial charge in [-0.1, -0.05) is 41.0 Å². The lowest BCUT2D eigenvalue weighted by Crippen LogP contribution is -2.56. The number of rotatable bonds is 5. The molecular weight excluding hydrogens is 244 g/mol. The van der Waals surface area contributed by atoms with Crippen LogP contribution < -0.4 is 5.73 Å². The summed E-state index contributed by atoms with van der Waals surface area (Å²) >= 11 is 0. The SMILES string of the molecule is CCC(C)N(CC)C1(CN)CCCC(C(C)(C)C)CC1. The molecule has 1 aliphatic rings. The first-order valence-electron chi connectivity index (χ1n) is 8.77. The molecular formula is C18H38N2. The van der Waals surface area contributed by atoms with E-state index >= 15 is 0 Å². The Morgan fingerprint density at radius 1 is 1.20 bits per heavy atom. The van der Waals surface area contributed by atoms with E-state index in [0.717, 1.165) is 19.0 Å². The Morgan fingerprint density at radius 3 is 2.30 bits per heavy atom. The zero-order valence-corrected chi connectivity index (χ0v) is 14.8. The smallest absolute Gasteiger partial charge is 0.0334 e. The summed E-state index contributed by atoms with van der Waals surface area (Å²) in [7, 11) is 0. The van der Waals surface area contributed by atoms with Crippen LogP contribution in [0.5, 0.6) is 0 Å². The molecule has 0 saturated heterocycles. The molecule has 0 amide bonds. The van der Waals surface area contributed by atoms with Gasteiger partial charge in [0.15, 0.2) is 0 Å². The van der Waals surface area contributed by atoms with Gasteiger partial charge in [0, 0.05) is 18.1 Å². The minimum absolute atomic E-state index is 0.254. The molecule has 20 heavy (non-hydrogen) atoms. The van der Waals surface area contributed by atoms with Crippen molar-refractivity contribution in [2.75, 3.05) is 13.1 Å². The molecule has 3 unspecified atom stereocenters. The average molecular weight is 283 g/mol. The second-order valence-corrected chi connectivity index (χ2v) is 7.97. The maximum Gasteiger partial charge on any atom is 0.0334 e. The van der Waals surface area contributed by atoms with Crippen LogP contribution >= 0.6 is 0 Å². The second-order valence-electron chi connectivity index (χ2n) is 7.97. The van der Waals surface area contributed by atoms with Gasteiger partial charge >= 0.3 is 0 Å². The molecule has 0 aliphatic heterocycles. The van der Waals surface area contributed by atoms with Crippen LogP contribution in [0.4, 0.5) is 0 Å². The molecule has 2 nitrogen and oxygen atoms in total. The minimum atomic E-state index is 0.254. The number of nitrogens with two attached hydrogens (primary N) is 1. The van der Waals surface area contributed by atoms with Crippen LogP contribution in [-0.2, 0) is 0 Å². The standard InChI is InChI=1S/C18H38N2/c1-7-15(3)20(8-2)18(14-19)12-9-10-16(11-13-18)17(4,5)6/h15-16H,7-14,19H2,1-6H3. The predicted molar refractivity (Wildman–Crippen MR) is 89.9 cm³/mol. The quantitative estimate of drug-likeness (QED) is 0.756. The maximum atomic E-state index is 6.29. The first kappa shape index (κ1) is 18.0. The van der Waals surface area contributed by atoms with Gasteiger partial charge in [0.2, 0.25) is 0 Å². The van der Waals surface area contributed by atoms with Gasteiger partial charge in [-0.15, -0.1) is 0 Å². The number of likely N-dealkylation sites (N-methyl/N-ethyl adjacent to an activating group) is 1. The van der Waals surface area contributed by atoms with Crippen molar-refractivity contribution in [3.8, 4) is 0 Å². The number of hydrogen-bond donors (Lipinski definition) is 1. The third-order valence-corrected chi connectivity index (χ3v) is 5.83. The summed E-state index contributed by atoms with van der Waals surface area (Å²) in [6, 6.07) is 0.648. The van der Waals surface area contributed by atoms with Gasteiger partial charge < -0.3 is 5.73 Å². The zero-order chi connectivity index (χ0) is 15.4. The Labute approximate surface area is 127 Å². The highest BCUT2D eigenvalue weighted by molar-refractivity contribution is 4.96. The fraction of sp³-hybridized carbons (Fsp3) is 1.00. The van der Waals surface area contributed by atoms with E-state index in [1.807, 2.05) is 0 Å². The highest BCUT2D eigenvalue weighted by atomic mass is 15.2. The van der Waals surface area contributed by atoms with E-state index in [2.05, 4.69) is 46.4 Å². The fourth-order valence-corrected chi connectivity index (χ4v) is 4.20. The van der Waals surface area contributed by atoms with Gasteiger partial charge in [-0.3, -0.25) is 4.90 Å². The molecule has 0 spiro atoms. The maximum absolute atomic E-state index is 6.29. The first-order valence-corrected chi connectivity index (χ1v) is 8.77. The highest BCUT2D eigenvalue weighted by Gasteiger charge is 2.40. The van der Waals surface area contributed by atoms with Crippen molar-refractivity contribution in [1.82, 2.24) is 4.90 Å². The molecule has 0 aromatic rings. The molecule has 1 saturated carbocycles. The Morgan fingerprint density at radius 2 is 1.85 bits per heavy atom. The molecule has 0 aromatic carbocycles. The molecule has 0 aromatic heterocycles. The Kier molecular flexibility index (Phi) is 6.53. The largest absolute Gasteiger partial charge is 0.329 e. The van der Waals surface area contributed by atoms with Crippen LogP contribution in [0.25, 0.3) is 0 Å². The van der Waals surface area contributed by atoms with E-state index in [1.54, 1.807) is 0 Å².